The van der Waals surface area contributed by atoms with Crippen molar-refractivity contribution < 1.29 is 0 Å². The first-order valence-electron chi connectivity index (χ1n) is 13.9. The van der Waals surface area contributed by atoms with Gasteiger partial charge in [-0.05, 0) is 59.7 Å². The summed E-state index contributed by atoms with van der Waals surface area (Å²) in [5.41, 5.74) is 9.72. The van der Waals surface area contributed by atoms with E-state index in [0.717, 1.165) is 8.97 Å². The highest BCUT2D eigenvalue weighted by molar-refractivity contribution is 14.0. The first-order chi connectivity index (χ1) is 18.7. The molecule has 0 amide bonds. The van der Waals surface area contributed by atoms with Gasteiger partial charge in [-0.15, -0.1) is 24.0 Å². The lowest BCUT2D eigenvalue weighted by molar-refractivity contribution is 0.494. The second-order valence-electron chi connectivity index (χ2n) is 11.8. The summed E-state index contributed by atoms with van der Waals surface area (Å²) in [5.74, 6) is 0.379. The molecule has 2 aliphatic rings. The van der Waals surface area contributed by atoms with Crippen LogP contribution in [0.4, 0.5) is 11.4 Å². The zero-order valence-corrected chi connectivity index (χ0v) is 26.7. The van der Waals surface area contributed by atoms with Gasteiger partial charge in [-0.3, -0.25) is 8.97 Å². The quantitative estimate of drug-likeness (QED) is 0.119. The van der Waals surface area contributed by atoms with Crippen molar-refractivity contribution in [3.63, 3.8) is 0 Å². The van der Waals surface area contributed by atoms with Gasteiger partial charge in [0.05, 0.1) is 39.7 Å². The topological polar surface area (TPSA) is 0 Å². The number of nitrogens with zero attached hydrogens (tertiary/aromatic N) is 2. The Labute approximate surface area is 256 Å². The number of benzene rings is 4. The van der Waals surface area contributed by atoms with Crippen molar-refractivity contribution in [1.29, 1.82) is 0 Å². The van der Waals surface area contributed by atoms with E-state index in [0.29, 0.717) is 5.92 Å². The molecule has 0 fully saturated rings. The number of likely N-dealkylation sites (N-methyl/N-ethyl adjacent to an activating group) is 2. The van der Waals surface area contributed by atoms with Crippen molar-refractivity contribution in [1.82, 2.24) is 8.97 Å². The monoisotopic (exact) mass is 638 g/mol. The van der Waals surface area contributed by atoms with E-state index < -0.39 is 0 Å². The average Bonchev–Trinajstić information content (AvgIpc) is 3.25. The predicted octanol–water partition coefficient (Wildman–Crippen LogP) is 9.86. The minimum Gasteiger partial charge on any atom is -0.266 e. The van der Waals surface area contributed by atoms with Gasteiger partial charge in [0.25, 0.3) is 0 Å². The first kappa shape index (κ1) is 28.3. The molecule has 40 heavy (non-hydrogen) atoms. The van der Waals surface area contributed by atoms with Crippen LogP contribution in [-0.4, -0.2) is 28.2 Å². The van der Waals surface area contributed by atoms with Crippen LogP contribution in [-0.2, 0) is 0 Å². The Bertz CT molecular complexity index is 1780. The van der Waals surface area contributed by atoms with Crippen LogP contribution in [0.25, 0.3) is 27.1 Å². The zero-order valence-electron chi connectivity index (χ0n) is 24.3. The lowest BCUT2D eigenvalue weighted by Crippen LogP contribution is -2.36. The molecule has 1 atom stereocenters. The number of fused-ring (bicyclic) bond motifs is 6. The van der Waals surface area contributed by atoms with Gasteiger partial charge >= 0.3 is 0 Å². The highest BCUT2D eigenvalue weighted by atomic mass is 127. The standard InChI is InChI=1S/C37H38N2.HI/c1-26-32(38(3,4)34-24-22-28-16-12-14-18-30(28)36(26)34)20-10-8-7-9-11-21-33-27(2)37-31-19-15-13-17-29(31)23-25-35(37)39(33,5)6;/h7-26H,1-6H3;1H/q+2;. The molecule has 0 saturated carbocycles. The van der Waals surface area contributed by atoms with E-state index in [1.807, 2.05) is 0 Å². The highest BCUT2D eigenvalue weighted by Crippen LogP contribution is 2.50. The molecule has 0 bridgehead atoms. The van der Waals surface area contributed by atoms with Crippen LogP contribution in [0.3, 0.4) is 0 Å². The molecule has 4 aromatic rings. The minimum atomic E-state index is 0. The van der Waals surface area contributed by atoms with E-state index in [-0.39, 0.29) is 24.0 Å². The maximum atomic E-state index is 2.34. The van der Waals surface area contributed by atoms with Gasteiger partial charge in [-0.1, -0.05) is 78.9 Å². The lowest BCUT2D eigenvalue weighted by Gasteiger charge is -2.26. The van der Waals surface area contributed by atoms with Crippen molar-refractivity contribution in [2.45, 2.75) is 19.8 Å². The number of rotatable bonds is 4. The van der Waals surface area contributed by atoms with Gasteiger partial charge in [-0.2, -0.15) is 0 Å². The minimum absolute atomic E-state index is 0. The van der Waals surface area contributed by atoms with Crippen LogP contribution < -0.4 is 8.97 Å². The highest BCUT2D eigenvalue weighted by Gasteiger charge is 2.42. The van der Waals surface area contributed by atoms with E-state index in [1.165, 1.54) is 61.0 Å². The number of allylic oxidation sites excluding steroid dienone is 9. The van der Waals surface area contributed by atoms with Crippen LogP contribution in [0.15, 0.2) is 127 Å². The summed E-state index contributed by atoms with van der Waals surface area (Å²) < 4.78 is 1.56. The molecule has 3 heteroatoms. The van der Waals surface area contributed by atoms with Crippen LogP contribution in [0.1, 0.15) is 30.9 Å². The molecule has 2 heterocycles. The molecule has 6 rings (SSSR count). The van der Waals surface area contributed by atoms with Gasteiger partial charge in [-0.25, -0.2) is 0 Å². The summed E-state index contributed by atoms with van der Waals surface area (Å²) in [4.78, 5) is 0. The third-order valence-corrected chi connectivity index (χ3v) is 8.91. The molecular formula is C37H39IN2+2. The maximum absolute atomic E-state index is 2.34. The van der Waals surface area contributed by atoms with Gasteiger partial charge in [0.1, 0.15) is 22.8 Å². The van der Waals surface area contributed by atoms with Gasteiger partial charge in [0.15, 0.2) is 0 Å². The summed E-state index contributed by atoms with van der Waals surface area (Å²) >= 11 is 0. The molecule has 2 aliphatic heterocycles. The molecule has 0 saturated heterocycles. The molecule has 0 spiro atoms. The smallest absolute Gasteiger partial charge is 0.145 e. The number of hydrogen-bond donors (Lipinski definition) is 0. The summed E-state index contributed by atoms with van der Waals surface area (Å²) in [6.45, 7) is 4.60. The molecule has 0 radical (unpaired) electrons. The van der Waals surface area contributed by atoms with Crippen molar-refractivity contribution in [2.24, 2.45) is 0 Å². The van der Waals surface area contributed by atoms with Crippen LogP contribution >= 0.6 is 24.0 Å². The molecule has 0 aromatic heterocycles. The Balaban J connectivity index is 0.00000323. The Hall–Kier alpha value is -3.25. The fraction of sp³-hybridized carbons (Fsp3) is 0.189. The van der Waals surface area contributed by atoms with Crippen molar-refractivity contribution >= 4 is 62.5 Å². The second-order valence-corrected chi connectivity index (χ2v) is 11.8. The molecule has 202 valence electrons. The summed E-state index contributed by atoms with van der Waals surface area (Å²) in [5, 5.41) is 5.33. The Morgan fingerprint density at radius 1 is 0.625 bits per heavy atom. The number of hydrogen-bond acceptors (Lipinski definition) is 0. The molecule has 1 unspecified atom stereocenters. The molecule has 4 aromatic carbocycles. The molecule has 2 nitrogen and oxygen atoms in total. The summed E-state index contributed by atoms with van der Waals surface area (Å²) in [6.07, 6.45) is 15.3. The van der Waals surface area contributed by atoms with E-state index in [9.17, 15) is 0 Å². The maximum Gasteiger partial charge on any atom is 0.145 e. The van der Waals surface area contributed by atoms with Crippen molar-refractivity contribution in [3.05, 3.63) is 138 Å². The normalized spacial score (nSPS) is 20.4. The molecule has 0 N–H and O–H groups in total. The average molecular weight is 639 g/mol. The fourth-order valence-corrected chi connectivity index (χ4v) is 6.93. The van der Waals surface area contributed by atoms with Crippen molar-refractivity contribution in [2.75, 3.05) is 28.2 Å². The number of quaternary nitrogens is 2. The van der Waals surface area contributed by atoms with Crippen LogP contribution in [0, 0.1) is 0 Å². The van der Waals surface area contributed by atoms with Crippen molar-refractivity contribution in [3.8, 4) is 0 Å². The van der Waals surface area contributed by atoms with Crippen LogP contribution in [0.5, 0.6) is 0 Å². The van der Waals surface area contributed by atoms with Gasteiger partial charge < -0.3 is 0 Å². The van der Waals surface area contributed by atoms with Crippen LogP contribution in [0.2, 0.25) is 0 Å². The van der Waals surface area contributed by atoms with E-state index in [1.54, 1.807) is 0 Å². The van der Waals surface area contributed by atoms with E-state index >= 15 is 0 Å². The lowest BCUT2D eigenvalue weighted by atomic mass is 9.94. The van der Waals surface area contributed by atoms with Gasteiger partial charge in [0.2, 0.25) is 0 Å². The second kappa shape index (κ2) is 10.6. The SMILES string of the molecule is CC1=C(C=CC=CC=CC=C2C(C)c3c(ccc4ccccc34)[N+]2(C)C)[N+](C)(C)c2ccc3ccccc3c21.I. The van der Waals surface area contributed by atoms with E-state index in [4.69, 9.17) is 0 Å². The Kier molecular flexibility index (Phi) is 7.51. The Morgan fingerprint density at radius 2 is 1.20 bits per heavy atom. The fourth-order valence-electron chi connectivity index (χ4n) is 6.93. The van der Waals surface area contributed by atoms with E-state index in [2.05, 4.69) is 157 Å². The molecular weight excluding hydrogens is 599 g/mol. The predicted molar refractivity (Wildman–Crippen MR) is 187 cm³/mol. The largest absolute Gasteiger partial charge is 0.266 e. The zero-order chi connectivity index (χ0) is 27.4. The summed E-state index contributed by atoms with van der Waals surface area (Å²) in [6, 6.07) is 26.6. The summed E-state index contributed by atoms with van der Waals surface area (Å²) in [7, 11) is 9.16. The first-order valence-corrected chi connectivity index (χ1v) is 13.9. The Morgan fingerprint density at radius 3 is 1.93 bits per heavy atom. The third-order valence-electron chi connectivity index (χ3n) is 8.91. The third kappa shape index (κ3) is 4.41. The molecule has 0 aliphatic carbocycles. The number of halogens is 1. The van der Waals surface area contributed by atoms with Gasteiger partial charge in [0, 0.05) is 23.3 Å².